The average Bonchev–Trinajstić information content (AvgIpc) is 3.15. The van der Waals surface area contributed by atoms with Crippen LogP contribution in [0.25, 0.3) is 0 Å². The lowest BCUT2D eigenvalue weighted by molar-refractivity contribution is -0.184. The molecule has 5 N–H and O–H groups in total. The third kappa shape index (κ3) is 5.12. The molecule has 11 nitrogen and oxygen atoms in total. The number of Topliss-reactive ketones (excluding diaryl/α,β-unsaturated/α-hetero) is 1. The number of aliphatic hydroxyl groups is 3. The van der Waals surface area contributed by atoms with Crippen molar-refractivity contribution in [3.63, 3.8) is 0 Å². The van der Waals surface area contributed by atoms with Crippen LogP contribution in [0, 0.1) is 28.6 Å². The van der Waals surface area contributed by atoms with Crippen LogP contribution < -0.4 is 5.32 Å². The molecule has 0 saturated heterocycles. The van der Waals surface area contributed by atoms with Crippen molar-refractivity contribution in [1.29, 1.82) is 0 Å². The van der Waals surface area contributed by atoms with Gasteiger partial charge in [-0.2, -0.15) is 0 Å². The Morgan fingerprint density at radius 1 is 1.12 bits per heavy atom. The quantitative estimate of drug-likeness (QED) is 0.254. The number of ether oxygens (including phenoxy) is 1. The van der Waals surface area contributed by atoms with Crippen molar-refractivity contribution in [2.45, 2.75) is 102 Å². The van der Waals surface area contributed by atoms with Gasteiger partial charge in [-0.15, -0.1) is 0 Å². The van der Waals surface area contributed by atoms with E-state index in [1.165, 1.54) is 6.92 Å². The molecule has 0 aliphatic heterocycles. The predicted molar refractivity (Wildman–Crippen MR) is 139 cm³/mol. The summed E-state index contributed by atoms with van der Waals surface area (Å²) >= 11 is 0. The lowest BCUT2D eigenvalue weighted by Crippen LogP contribution is -2.62. The van der Waals surface area contributed by atoms with Crippen molar-refractivity contribution >= 4 is 29.4 Å². The highest BCUT2D eigenvalue weighted by molar-refractivity contribution is 5.92. The lowest BCUT2D eigenvalue weighted by atomic mass is 9.45. The fourth-order valence-electron chi connectivity index (χ4n) is 8.34. The standard InChI is InChI=1S/C29H41NO10/c1-15(31)25(26(37)38)30-22(35)6-7-23(36)40-14-21(34)29(39)11-9-19-18-5-4-16-12-17(32)8-10-27(16,2)24(18)20(33)13-28(19,29)3/h12,15,18-20,24-25,31,33,39H,4-11,13-14H2,1-3H3,(H,30,35)(H,37,38)/t15?,18-,19-,20-,24+,25?,27-,28-,29-/m0/s1. The van der Waals surface area contributed by atoms with Crippen LogP contribution >= 0.6 is 0 Å². The van der Waals surface area contributed by atoms with Gasteiger partial charge in [0, 0.05) is 18.3 Å². The maximum absolute atomic E-state index is 13.3. The number of carbonyl (C=O) groups is 5. The number of hydrogen-bond acceptors (Lipinski definition) is 9. The van der Waals surface area contributed by atoms with Gasteiger partial charge in [0.05, 0.1) is 18.6 Å². The van der Waals surface area contributed by atoms with Crippen LogP contribution in [-0.2, 0) is 28.7 Å². The fourth-order valence-corrected chi connectivity index (χ4v) is 8.34. The molecule has 0 heterocycles. The molecule has 0 aromatic carbocycles. The number of amides is 1. The Balaban J connectivity index is 1.38. The number of carboxylic acid groups (broad SMARTS) is 1. The van der Waals surface area contributed by atoms with Crippen LogP contribution in [0.15, 0.2) is 11.6 Å². The smallest absolute Gasteiger partial charge is 0.328 e. The van der Waals surface area contributed by atoms with Gasteiger partial charge < -0.3 is 30.5 Å². The highest BCUT2D eigenvalue weighted by Crippen LogP contribution is 2.67. The molecule has 1 amide bonds. The number of carbonyl (C=O) groups excluding carboxylic acids is 4. The minimum absolute atomic E-state index is 0.0126. The second kappa shape index (κ2) is 11.0. The molecule has 4 aliphatic rings. The number of rotatable bonds is 9. The minimum Gasteiger partial charge on any atom is -0.480 e. The van der Waals surface area contributed by atoms with Crippen molar-refractivity contribution in [2.24, 2.45) is 28.6 Å². The van der Waals surface area contributed by atoms with Gasteiger partial charge in [0.1, 0.15) is 5.60 Å². The van der Waals surface area contributed by atoms with E-state index in [9.17, 15) is 39.3 Å². The molecule has 0 bridgehead atoms. The summed E-state index contributed by atoms with van der Waals surface area (Å²) in [6.07, 6.45) is 2.53. The van der Waals surface area contributed by atoms with Crippen LogP contribution in [0.4, 0.5) is 0 Å². The maximum atomic E-state index is 13.3. The van der Waals surface area contributed by atoms with E-state index >= 15 is 0 Å². The largest absolute Gasteiger partial charge is 0.480 e. The Bertz CT molecular complexity index is 1120. The number of esters is 1. The van der Waals surface area contributed by atoms with Gasteiger partial charge in [0.15, 0.2) is 18.4 Å². The zero-order chi connectivity index (χ0) is 29.6. The van der Waals surface area contributed by atoms with Crippen molar-refractivity contribution in [1.82, 2.24) is 5.32 Å². The molecule has 11 heteroatoms. The zero-order valence-electron chi connectivity index (χ0n) is 23.4. The second-order valence-corrected chi connectivity index (χ2v) is 12.7. The Morgan fingerprint density at radius 3 is 2.48 bits per heavy atom. The molecule has 3 fully saturated rings. The van der Waals surface area contributed by atoms with Crippen molar-refractivity contribution in [3.8, 4) is 0 Å². The molecule has 9 atom stereocenters. The van der Waals surface area contributed by atoms with Crippen molar-refractivity contribution in [3.05, 3.63) is 11.6 Å². The van der Waals surface area contributed by atoms with Crippen LogP contribution in [0.2, 0.25) is 0 Å². The Hall–Kier alpha value is -2.63. The van der Waals surface area contributed by atoms with Gasteiger partial charge in [-0.1, -0.05) is 19.4 Å². The number of allylic oxidation sites excluding steroid dienone is 1. The first-order valence-electron chi connectivity index (χ1n) is 14.2. The Kier molecular flexibility index (Phi) is 8.33. The van der Waals surface area contributed by atoms with E-state index in [1.54, 1.807) is 6.08 Å². The summed E-state index contributed by atoms with van der Waals surface area (Å²) < 4.78 is 5.09. The molecule has 0 radical (unpaired) electrons. The number of nitrogens with one attached hydrogen (secondary N) is 1. The average molecular weight is 564 g/mol. The second-order valence-electron chi connectivity index (χ2n) is 12.7. The minimum atomic E-state index is -1.78. The number of carboxylic acids is 1. The fraction of sp³-hybridized carbons (Fsp3) is 0.759. The van der Waals surface area contributed by atoms with E-state index in [1.807, 2.05) is 6.92 Å². The third-order valence-electron chi connectivity index (χ3n) is 10.5. The number of fused-ring (bicyclic) bond motifs is 5. The highest BCUT2D eigenvalue weighted by Gasteiger charge is 2.68. The number of aliphatic carboxylic acids is 1. The van der Waals surface area contributed by atoms with Gasteiger partial charge in [-0.05, 0) is 74.7 Å². The first-order chi connectivity index (χ1) is 18.6. The molecule has 2 unspecified atom stereocenters. The van der Waals surface area contributed by atoms with Gasteiger partial charge in [0.25, 0.3) is 0 Å². The van der Waals surface area contributed by atoms with Crippen LogP contribution in [0.1, 0.15) is 78.6 Å². The summed E-state index contributed by atoms with van der Waals surface area (Å²) in [5.41, 5.74) is -1.88. The monoisotopic (exact) mass is 563 g/mol. The van der Waals surface area contributed by atoms with Crippen molar-refractivity contribution in [2.75, 3.05) is 6.61 Å². The molecule has 3 saturated carbocycles. The molecular formula is C29H41NO10. The van der Waals surface area contributed by atoms with Crippen LogP contribution in [0.5, 0.6) is 0 Å². The summed E-state index contributed by atoms with van der Waals surface area (Å²) in [5.74, 6) is -3.55. The predicted octanol–water partition coefficient (Wildman–Crippen LogP) is 1.06. The first-order valence-corrected chi connectivity index (χ1v) is 14.2. The summed E-state index contributed by atoms with van der Waals surface area (Å²) in [6, 6.07) is -1.52. The van der Waals surface area contributed by atoms with E-state index < -0.39 is 72.3 Å². The molecule has 4 aliphatic carbocycles. The normalized spacial score (nSPS) is 38.1. The number of hydrogen-bond donors (Lipinski definition) is 5. The van der Waals surface area contributed by atoms with Gasteiger partial charge in [0.2, 0.25) is 11.7 Å². The van der Waals surface area contributed by atoms with E-state index in [-0.39, 0.29) is 41.8 Å². The summed E-state index contributed by atoms with van der Waals surface area (Å²) in [6.45, 7) is 4.51. The van der Waals surface area contributed by atoms with Crippen LogP contribution in [0.3, 0.4) is 0 Å². The highest BCUT2D eigenvalue weighted by atomic mass is 16.5. The van der Waals surface area contributed by atoms with Gasteiger partial charge in [-0.25, -0.2) is 4.79 Å². The van der Waals surface area contributed by atoms with E-state index in [0.29, 0.717) is 19.3 Å². The molecule has 0 spiro atoms. The molecular weight excluding hydrogens is 522 g/mol. The van der Waals surface area contributed by atoms with Gasteiger partial charge in [-0.3, -0.25) is 19.2 Å². The first kappa shape index (κ1) is 30.3. The lowest BCUT2D eigenvalue weighted by Gasteiger charge is -2.60. The topological polar surface area (TPSA) is 188 Å². The van der Waals surface area contributed by atoms with Crippen molar-refractivity contribution < 1.29 is 49.1 Å². The summed E-state index contributed by atoms with van der Waals surface area (Å²) in [4.78, 5) is 60.8. The maximum Gasteiger partial charge on any atom is 0.328 e. The van der Waals surface area contributed by atoms with Gasteiger partial charge >= 0.3 is 11.9 Å². The Morgan fingerprint density at radius 2 is 1.82 bits per heavy atom. The molecule has 0 aromatic heterocycles. The summed E-state index contributed by atoms with van der Waals surface area (Å²) in [5, 5.41) is 43.8. The van der Waals surface area contributed by atoms with E-state index in [0.717, 1.165) is 18.4 Å². The molecule has 4 rings (SSSR count). The molecule has 40 heavy (non-hydrogen) atoms. The summed E-state index contributed by atoms with van der Waals surface area (Å²) in [7, 11) is 0. The van der Waals surface area contributed by atoms with E-state index in [4.69, 9.17) is 9.84 Å². The number of ketones is 2. The number of aliphatic hydroxyl groups excluding tert-OH is 2. The Labute approximate surface area is 233 Å². The SMILES string of the molecule is CC(O)C(NC(=O)CCC(=O)OCC(=O)[C@@]1(O)CC[C@H]2[C@@H]3CCC4=CC(=O)CC[C@]4(C)[C@H]3[C@@H](O)C[C@@]21C)C(=O)O. The molecule has 222 valence electrons. The molecule has 0 aromatic rings. The van der Waals surface area contributed by atoms with E-state index in [2.05, 4.69) is 12.2 Å². The zero-order valence-corrected chi connectivity index (χ0v) is 23.4. The third-order valence-corrected chi connectivity index (χ3v) is 10.5. The van der Waals surface area contributed by atoms with Crippen LogP contribution in [-0.4, -0.2) is 80.3 Å².